The van der Waals surface area contributed by atoms with Crippen molar-refractivity contribution in [2.24, 2.45) is 0 Å². The molecule has 3 heterocycles. The number of nitrogens with two attached hydrogens (primary N) is 1. The van der Waals surface area contributed by atoms with Crippen LogP contribution >= 0.6 is 0 Å². The summed E-state index contributed by atoms with van der Waals surface area (Å²) in [6.07, 6.45) is 5.71. The molecule has 21 heavy (non-hydrogen) atoms. The summed E-state index contributed by atoms with van der Waals surface area (Å²) >= 11 is 0. The summed E-state index contributed by atoms with van der Waals surface area (Å²) in [5.74, 6) is 2.00. The smallest absolute Gasteiger partial charge is 0.151 e. The quantitative estimate of drug-likeness (QED) is 0.908. The highest BCUT2D eigenvalue weighted by Crippen LogP contribution is 2.20. The summed E-state index contributed by atoms with van der Waals surface area (Å²) < 4.78 is 2.20. The molecule has 0 spiro atoms. The van der Waals surface area contributed by atoms with Crippen LogP contribution in [0.2, 0.25) is 0 Å². The van der Waals surface area contributed by atoms with E-state index in [0.717, 1.165) is 56.6 Å². The minimum absolute atomic E-state index is 0.764. The molecule has 3 rings (SSSR count). The van der Waals surface area contributed by atoms with Gasteiger partial charge in [0, 0.05) is 57.9 Å². The van der Waals surface area contributed by atoms with Crippen LogP contribution in [0.5, 0.6) is 0 Å². The Bertz CT molecular complexity index is 585. The van der Waals surface area contributed by atoms with Crippen LogP contribution in [0.15, 0.2) is 30.7 Å². The number of anilines is 2. The topological polar surface area (TPSA) is 63.2 Å². The van der Waals surface area contributed by atoms with E-state index in [-0.39, 0.29) is 0 Å². The Hall–Kier alpha value is -2.08. The lowest BCUT2D eigenvalue weighted by Crippen LogP contribution is -2.47. The Kier molecular flexibility index (Phi) is 4.06. The molecular weight excluding hydrogens is 264 g/mol. The van der Waals surface area contributed by atoms with Gasteiger partial charge in [-0.15, -0.1) is 0 Å². The summed E-state index contributed by atoms with van der Waals surface area (Å²) in [6, 6.07) is 3.79. The van der Waals surface area contributed by atoms with Gasteiger partial charge in [0.1, 0.15) is 5.82 Å². The van der Waals surface area contributed by atoms with Crippen LogP contribution in [0.4, 0.5) is 11.5 Å². The van der Waals surface area contributed by atoms with E-state index in [4.69, 9.17) is 5.73 Å². The fourth-order valence-electron chi connectivity index (χ4n) is 2.75. The number of nitrogen functional groups attached to an aromatic ring is 1. The van der Waals surface area contributed by atoms with Gasteiger partial charge in [-0.05, 0) is 19.1 Å². The van der Waals surface area contributed by atoms with Gasteiger partial charge in [-0.3, -0.25) is 4.90 Å². The monoisotopic (exact) mass is 286 g/mol. The van der Waals surface area contributed by atoms with Crippen molar-refractivity contribution in [3.63, 3.8) is 0 Å². The van der Waals surface area contributed by atoms with Gasteiger partial charge < -0.3 is 15.2 Å². The highest BCUT2D eigenvalue weighted by molar-refractivity contribution is 5.62. The molecule has 1 aliphatic heterocycles. The van der Waals surface area contributed by atoms with Gasteiger partial charge in [0.05, 0.1) is 5.69 Å². The summed E-state index contributed by atoms with van der Waals surface area (Å²) in [5, 5.41) is 0. The van der Waals surface area contributed by atoms with Crippen LogP contribution in [-0.4, -0.2) is 52.2 Å². The second-order valence-electron chi connectivity index (χ2n) is 5.41. The number of rotatable bonds is 4. The van der Waals surface area contributed by atoms with Gasteiger partial charge in [0.2, 0.25) is 0 Å². The Morgan fingerprint density at radius 2 is 1.90 bits per heavy atom. The second kappa shape index (κ2) is 6.13. The first-order chi connectivity index (χ1) is 10.2. The van der Waals surface area contributed by atoms with Crippen molar-refractivity contribution in [3.05, 3.63) is 36.5 Å². The van der Waals surface area contributed by atoms with Gasteiger partial charge >= 0.3 is 0 Å². The Labute approximate surface area is 125 Å². The van der Waals surface area contributed by atoms with E-state index in [0.29, 0.717) is 0 Å². The normalized spacial score (nSPS) is 16.3. The molecule has 6 nitrogen and oxygen atoms in total. The third-order valence-corrected chi connectivity index (χ3v) is 4.07. The molecule has 2 aromatic rings. The van der Waals surface area contributed by atoms with Gasteiger partial charge in [-0.1, -0.05) is 0 Å². The number of imidazole rings is 1. The van der Waals surface area contributed by atoms with Crippen LogP contribution in [0, 0.1) is 6.92 Å². The minimum atomic E-state index is 0.764. The molecule has 1 aliphatic rings. The van der Waals surface area contributed by atoms with Crippen LogP contribution in [0.1, 0.15) is 5.82 Å². The third-order valence-electron chi connectivity index (χ3n) is 4.07. The van der Waals surface area contributed by atoms with Crippen molar-refractivity contribution in [3.8, 4) is 0 Å². The standard InChI is InChI=1S/C15H22N6/c1-13-17-5-6-20(13)10-7-19-8-11-21(12-9-19)15-14(16)3-2-4-18-15/h2-6H,7-12,16H2,1H3. The number of hydrogen-bond acceptors (Lipinski definition) is 5. The molecule has 6 heteroatoms. The highest BCUT2D eigenvalue weighted by Gasteiger charge is 2.19. The zero-order valence-electron chi connectivity index (χ0n) is 12.4. The minimum Gasteiger partial charge on any atom is -0.396 e. The number of pyridine rings is 1. The average molecular weight is 286 g/mol. The van der Waals surface area contributed by atoms with Crippen LogP contribution < -0.4 is 10.6 Å². The van der Waals surface area contributed by atoms with E-state index in [1.165, 1.54) is 0 Å². The predicted octanol–water partition coefficient (Wildman–Crippen LogP) is 0.991. The second-order valence-corrected chi connectivity index (χ2v) is 5.41. The van der Waals surface area contributed by atoms with Crippen molar-refractivity contribution in [2.75, 3.05) is 43.4 Å². The predicted molar refractivity (Wildman–Crippen MR) is 84.3 cm³/mol. The first kappa shape index (κ1) is 13.9. The van der Waals surface area contributed by atoms with Crippen LogP contribution in [-0.2, 0) is 6.54 Å². The maximum absolute atomic E-state index is 6.00. The lowest BCUT2D eigenvalue weighted by molar-refractivity contribution is 0.247. The number of nitrogens with zero attached hydrogens (tertiary/aromatic N) is 5. The summed E-state index contributed by atoms with van der Waals surface area (Å²) in [7, 11) is 0. The van der Waals surface area contributed by atoms with E-state index in [1.807, 2.05) is 31.5 Å². The molecule has 0 amide bonds. The molecule has 0 atom stereocenters. The van der Waals surface area contributed by atoms with Gasteiger partial charge in [0.25, 0.3) is 0 Å². The van der Waals surface area contributed by atoms with Gasteiger partial charge in [-0.2, -0.15) is 0 Å². The van der Waals surface area contributed by atoms with Crippen LogP contribution in [0.25, 0.3) is 0 Å². The molecule has 0 aromatic carbocycles. The van der Waals surface area contributed by atoms with E-state index in [1.54, 1.807) is 6.20 Å². The summed E-state index contributed by atoms with van der Waals surface area (Å²) in [4.78, 5) is 13.4. The summed E-state index contributed by atoms with van der Waals surface area (Å²) in [5.41, 5.74) is 6.76. The zero-order valence-corrected chi connectivity index (χ0v) is 12.4. The highest BCUT2D eigenvalue weighted by atomic mass is 15.3. The maximum Gasteiger partial charge on any atom is 0.151 e. The van der Waals surface area contributed by atoms with Crippen molar-refractivity contribution in [1.29, 1.82) is 0 Å². The van der Waals surface area contributed by atoms with Gasteiger partial charge in [0.15, 0.2) is 5.82 Å². The SMILES string of the molecule is Cc1nccn1CCN1CCN(c2ncccc2N)CC1. The first-order valence-electron chi connectivity index (χ1n) is 7.39. The molecule has 1 fully saturated rings. The van der Waals surface area contributed by atoms with Crippen molar-refractivity contribution in [2.45, 2.75) is 13.5 Å². The van der Waals surface area contributed by atoms with Crippen molar-refractivity contribution < 1.29 is 0 Å². The van der Waals surface area contributed by atoms with Crippen molar-refractivity contribution >= 4 is 11.5 Å². The fraction of sp³-hybridized carbons (Fsp3) is 0.467. The Balaban J connectivity index is 1.51. The molecule has 1 saturated heterocycles. The molecule has 0 bridgehead atoms. The number of piperazine rings is 1. The zero-order chi connectivity index (χ0) is 14.7. The number of aromatic nitrogens is 3. The molecule has 2 N–H and O–H groups in total. The molecule has 112 valence electrons. The van der Waals surface area contributed by atoms with E-state index in [2.05, 4.69) is 24.3 Å². The molecular formula is C15H22N6. The van der Waals surface area contributed by atoms with E-state index < -0.39 is 0 Å². The maximum atomic E-state index is 6.00. The molecule has 0 unspecified atom stereocenters. The van der Waals surface area contributed by atoms with Crippen molar-refractivity contribution in [1.82, 2.24) is 19.4 Å². The van der Waals surface area contributed by atoms with Crippen LogP contribution in [0.3, 0.4) is 0 Å². The fourth-order valence-corrected chi connectivity index (χ4v) is 2.75. The third kappa shape index (κ3) is 3.16. The molecule has 0 saturated carbocycles. The average Bonchev–Trinajstić information content (AvgIpc) is 2.92. The molecule has 0 radical (unpaired) electrons. The lowest BCUT2D eigenvalue weighted by atomic mass is 10.3. The molecule has 2 aromatic heterocycles. The molecule has 0 aliphatic carbocycles. The Morgan fingerprint density at radius 3 is 2.57 bits per heavy atom. The lowest BCUT2D eigenvalue weighted by Gasteiger charge is -2.35. The number of aryl methyl sites for hydroxylation is 1. The largest absolute Gasteiger partial charge is 0.396 e. The number of hydrogen-bond donors (Lipinski definition) is 1. The summed E-state index contributed by atoms with van der Waals surface area (Å²) in [6.45, 7) is 8.14. The van der Waals surface area contributed by atoms with E-state index >= 15 is 0 Å². The van der Waals surface area contributed by atoms with E-state index in [9.17, 15) is 0 Å². The van der Waals surface area contributed by atoms with Gasteiger partial charge in [-0.25, -0.2) is 9.97 Å². The Morgan fingerprint density at radius 1 is 1.10 bits per heavy atom. The first-order valence-corrected chi connectivity index (χ1v) is 7.39.